The molecular formula is C30H20N2O2S2. The molecule has 0 aliphatic carbocycles. The summed E-state index contributed by atoms with van der Waals surface area (Å²) in [6, 6.07) is 35.1. The molecule has 0 amide bonds. The number of nitrogens with zero attached hydrogens (tertiary/aromatic N) is 2. The molecule has 0 radical (unpaired) electrons. The number of fused-ring (bicyclic) bond motifs is 2. The third-order valence-electron chi connectivity index (χ3n) is 6.01. The average Bonchev–Trinajstić information content (AvgIpc) is 3.37. The van der Waals surface area contributed by atoms with Crippen LogP contribution in [0.4, 0.5) is 0 Å². The molecular weight excluding hydrogens is 484 g/mol. The number of ketones is 1. The van der Waals surface area contributed by atoms with E-state index in [4.69, 9.17) is 4.98 Å². The molecule has 4 nitrogen and oxygen atoms in total. The average molecular weight is 505 g/mol. The van der Waals surface area contributed by atoms with E-state index in [1.165, 1.54) is 23.1 Å². The number of para-hydroxylation sites is 1. The SMILES string of the molecule is O=C(CSc1nc2sc(-c3ccccc3)cc2c(=O)n1-c1ccccc1)c1ccc2ccccc2c1. The van der Waals surface area contributed by atoms with Gasteiger partial charge in [0.25, 0.3) is 5.56 Å². The van der Waals surface area contributed by atoms with Gasteiger partial charge in [-0.05, 0) is 40.6 Å². The summed E-state index contributed by atoms with van der Waals surface area (Å²) in [7, 11) is 0. The summed E-state index contributed by atoms with van der Waals surface area (Å²) < 4.78 is 1.61. The van der Waals surface area contributed by atoms with Gasteiger partial charge >= 0.3 is 0 Å². The van der Waals surface area contributed by atoms with Crippen LogP contribution in [0, 0.1) is 0 Å². The highest BCUT2D eigenvalue weighted by Crippen LogP contribution is 2.33. The summed E-state index contributed by atoms with van der Waals surface area (Å²) in [5, 5.41) is 3.21. The number of carbonyl (C=O) groups is 1. The van der Waals surface area contributed by atoms with Crippen molar-refractivity contribution < 1.29 is 4.79 Å². The maximum Gasteiger partial charge on any atom is 0.267 e. The smallest absolute Gasteiger partial charge is 0.267 e. The molecule has 2 aromatic heterocycles. The first-order chi connectivity index (χ1) is 17.7. The molecule has 0 spiro atoms. The monoisotopic (exact) mass is 504 g/mol. The van der Waals surface area contributed by atoms with Crippen LogP contribution in [0.5, 0.6) is 0 Å². The molecule has 4 aromatic carbocycles. The normalized spacial score (nSPS) is 11.2. The van der Waals surface area contributed by atoms with E-state index in [2.05, 4.69) is 0 Å². The van der Waals surface area contributed by atoms with Crippen molar-refractivity contribution in [3.63, 3.8) is 0 Å². The van der Waals surface area contributed by atoms with Crippen molar-refractivity contribution in [2.24, 2.45) is 0 Å². The van der Waals surface area contributed by atoms with Gasteiger partial charge < -0.3 is 0 Å². The molecule has 0 saturated carbocycles. The Morgan fingerprint density at radius 3 is 2.28 bits per heavy atom. The molecule has 6 rings (SSSR count). The standard InChI is InChI=1S/C30H20N2O2S2/c33-26(23-16-15-20-9-7-8-12-22(20)17-23)19-35-30-31-28-25(18-27(36-28)21-10-3-1-4-11-21)29(34)32(30)24-13-5-2-6-14-24/h1-18H,19H2. The van der Waals surface area contributed by atoms with E-state index < -0.39 is 0 Å². The van der Waals surface area contributed by atoms with Crippen molar-refractivity contribution in [2.45, 2.75) is 5.16 Å². The van der Waals surface area contributed by atoms with E-state index in [1.807, 2.05) is 109 Å². The van der Waals surface area contributed by atoms with Crippen molar-refractivity contribution in [3.8, 4) is 16.1 Å². The Kier molecular flexibility index (Phi) is 5.97. The molecule has 0 aliphatic heterocycles. The minimum atomic E-state index is -0.134. The summed E-state index contributed by atoms with van der Waals surface area (Å²) in [6.45, 7) is 0. The van der Waals surface area contributed by atoms with Gasteiger partial charge in [0.05, 0.1) is 16.8 Å². The number of thiophene rings is 1. The fourth-order valence-corrected chi connectivity index (χ4v) is 6.17. The Morgan fingerprint density at radius 1 is 0.806 bits per heavy atom. The van der Waals surface area contributed by atoms with Crippen LogP contribution in [0.1, 0.15) is 10.4 Å². The largest absolute Gasteiger partial charge is 0.293 e. The first-order valence-electron chi connectivity index (χ1n) is 11.5. The van der Waals surface area contributed by atoms with Crippen molar-refractivity contribution >= 4 is 49.9 Å². The number of thioether (sulfide) groups is 1. The van der Waals surface area contributed by atoms with E-state index in [9.17, 15) is 9.59 Å². The van der Waals surface area contributed by atoms with Crippen LogP contribution in [-0.4, -0.2) is 21.1 Å². The van der Waals surface area contributed by atoms with Gasteiger partial charge in [-0.25, -0.2) is 4.98 Å². The maximum atomic E-state index is 13.7. The Balaban J connectivity index is 1.40. The van der Waals surface area contributed by atoms with Crippen LogP contribution in [0.3, 0.4) is 0 Å². The van der Waals surface area contributed by atoms with Crippen molar-refractivity contribution in [3.05, 3.63) is 125 Å². The summed E-state index contributed by atoms with van der Waals surface area (Å²) >= 11 is 2.79. The lowest BCUT2D eigenvalue weighted by Crippen LogP contribution is -2.21. The molecule has 174 valence electrons. The Hall–Kier alpha value is -4.00. The van der Waals surface area contributed by atoms with Crippen LogP contribution in [0.2, 0.25) is 0 Å². The number of rotatable bonds is 6. The lowest BCUT2D eigenvalue weighted by molar-refractivity contribution is 0.102. The van der Waals surface area contributed by atoms with Crippen LogP contribution in [-0.2, 0) is 0 Å². The van der Waals surface area contributed by atoms with Gasteiger partial charge in [-0.3, -0.25) is 14.2 Å². The zero-order valence-electron chi connectivity index (χ0n) is 19.1. The minimum absolute atomic E-state index is 0.00383. The van der Waals surface area contributed by atoms with Gasteiger partial charge in [-0.1, -0.05) is 96.7 Å². The van der Waals surface area contributed by atoms with Gasteiger partial charge in [0.15, 0.2) is 10.9 Å². The second-order valence-electron chi connectivity index (χ2n) is 8.34. The second kappa shape index (κ2) is 9.57. The highest BCUT2D eigenvalue weighted by molar-refractivity contribution is 7.99. The molecule has 6 heteroatoms. The molecule has 36 heavy (non-hydrogen) atoms. The van der Waals surface area contributed by atoms with E-state index in [0.29, 0.717) is 20.9 Å². The van der Waals surface area contributed by atoms with E-state index in [-0.39, 0.29) is 17.1 Å². The van der Waals surface area contributed by atoms with E-state index in [0.717, 1.165) is 26.9 Å². The number of hydrogen-bond donors (Lipinski definition) is 0. The molecule has 6 aromatic rings. The van der Waals surface area contributed by atoms with Gasteiger partial charge in [0.2, 0.25) is 0 Å². The number of Topliss-reactive ketones (excluding diaryl/α,β-unsaturated/α-hetero) is 1. The van der Waals surface area contributed by atoms with Gasteiger partial charge in [0.1, 0.15) is 4.83 Å². The highest BCUT2D eigenvalue weighted by Gasteiger charge is 2.18. The number of carbonyl (C=O) groups excluding carboxylic acids is 1. The van der Waals surface area contributed by atoms with Crippen LogP contribution >= 0.6 is 23.1 Å². The van der Waals surface area contributed by atoms with Crippen LogP contribution < -0.4 is 5.56 Å². The fraction of sp³-hybridized carbons (Fsp3) is 0.0333. The number of benzene rings is 4. The molecule has 0 bridgehead atoms. The Labute approximate surface area is 215 Å². The first-order valence-corrected chi connectivity index (χ1v) is 13.3. The predicted octanol–water partition coefficient (Wildman–Crippen LogP) is 7.24. The van der Waals surface area contributed by atoms with Crippen molar-refractivity contribution in [1.29, 1.82) is 0 Å². The van der Waals surface area contributed by atoms with Gasteiger partial charge in [-0.2, -0.15) is 0 Å². The quantitative estimate of drug-likeness (QED) is 0.136. The fourth-order valence-electron chi connectivity index (χ4n) is 4.18. The third-order valence-corrected chi connectivity index (χ3v) is 8.03. The van der Waals surface area contributed by atoms with E-state index >= 15 is 0 Å². The maximum absolute atomic E-state index is 13.7. The third kappa shape index (κ3) is 4.26. The molecule has 0 atom stereocenters. The molecule has 0 fully saturated rings. The lowest BCUT2D eigenvalue weighted by Gasteiger charge is -2.12. The molecule has 2 heterocycles. The summed E-state index contributed by atoms with van der Waals surface area (Å²) in [5.41, 5.74) is 2.29. The van der Waals surface area contributed by atoms with Crippen LogP contribution in [0.25, 0.3) is 37.1 Å². The van der Waals surface area contributed by atoms with E-state index in [1.54, 1.807) is 4.57 Å². The van der Waals surface area contributed by atoms with Crippen molar-refractivity contribution in [1.82, 2.24) is 9.55 Å². The van der Waals surface area contributed by atoms with Crippen LogP contribution in [0.15, 0.2) is 119 Å². The highest BCUT2D eigenvalue weighted by atomic mass is 32.2. The zero-order chi connectivity index (χ0) is 24.5. The molecule has 0 N–H and O–H groups in total. The number of hydrogen-bond acceptors (Lipinski definition) is 5. The zero-order valence-corrected chi connectivity index (χ0v) is 20.8. The van der Waals surface area contributed by atoms with Crippen molar-refractivity contribution in [2.75, 3.05) is 5.75 Å². The topological polar surface area (TPSA) is 52.0 Å². The second-order valence-corrected chi connectivity index (χ2v) is 10.3. The summed E-state index contributed by atoms with van der Waals surface area (Å²) in [5.74, 6) is 0.177. The molecule has 0 saturated heterocycles. The predicted molar refractivity (Wildman–Crippen MR) is 150 cm³/mol. The van der Waals surface area contributed by atoms with Gasteiger partial charge in [0, 0.05) is 10.4 Å². The van der Waals surface area contributed by atoms with Gasteiger partial charge in [-0.15, -0.1) is 11.3 Å². The summed E-state index contributed by atoms with van der Waals surface area (Å²) in [4.78, 5) is 33.3. The molecule has 0 unspecified atom stereocenters. The number of aromatic nitrogens is 2. The Morgan fingerprint density at radius 2 is 1.50 bits per heavy atom. The Bertz CT molecular complexity index is 1770. The summed E-state index contributed by atoms with van der Waals surface area (Å²) in [6.07, 6.45) is 0. The first kappa shape index (κ1) is 22.5. The lowest BCUT2D eigenvalue weighted by atomic mass is 10.1. The minimum Gasteiger partial charge on any atom is -0.293 e. The molecule has 0 aliphatic rings.